The molecule has 1 saturated heterocycles. The molecule has 1 amide bonds. The van der Waals surface area contributed by atoms with Gasteiger partial charge in [0.15, 0.2) is 5.82 Å². The minimum Gasteiger partial charge on any atom is -0.360 e. The molecular weight excluding hydrogens is 294 g/mol. The van der Waals surface area contributed by atoms with E-state index in [2.05, 4.69) is 10.5 Å². The molecule has 1 N–H and O–H groups in total. The molecule has 0 aliphatic carbocycles. The normalized spacial score (nSPS) is 19.8. The van der Waals surface area contributed by atoms with Gasteiger partial charge in [-0.1, -0.05) is 18.5 Å². The highest BCUT2D eigenvalue weighted by molar-refractivity contribution is 7.89. The van der Waals surface area contributed by atoms with E-state index in [0.29, 0.717) is 37.4 Å². The molecule has 0 unspecified atom stereocenters. The fourth-order valence-corrected chi connectivity index (χ4v) is 4.30. The third-order valence-corrected chi connectivity index (χ3v) is 5.45. The Hall–Kier alpha value is -1.41. The summed E-state index contributed by atoms with van der Waals surface area (Å²) in [6, 6.07) is 0.951. The molecule has 0 spiro atoms. The summed E-state index contributed by atoms with van der Waals surface area (Å²) in [6.45, 7) is 4.07. The van der Waals surface area contributed by atoms with Crippen molar-refractivity contribution in [1.29, 1.82) is 0 Å². The standard InChI is InChI=1S/C13H21N3O4S/c1-3-4-8-21(18,19)16-7-5-6-11(16)13(17)14-12-9-10(2)20-15-12/h9,11H,3-8H2,1-2H3,(H,14,15,17)/t11-/m0/s1. The Morgan fingerprint density at radius 1 is 1.57 bits per heavy atom. The summed E-state index contributed by atoms with van der Waals surface area (Å²) in [5.74, 6) is 0.649. The number of hydrogen-bond donors (Lipinski definition) is 1. The molecule has 1 aromatic heterocycles. The van der Waals surface area contributed by atoms with Gasteiger partial charge >= 0.3 is 0 Å². The summed E-state index contributed by atoms with van der Waals surface area (Å²) >= 11 is 0. The van der Waals surface area contributed by atoms with E-state index in [-0.39, 0.29) is 11.7 Å². The maximum absolute atomic E-state index is 12.3. The second-order valence-corrected chi connectivity index (χ2v) is 7.29. The van der Waals surface area contributed by atoms with Gasteiger partial charge in [-0.15, -0.1) is 0 Å². The van der Waals surface area contributed by atoms with Crippen LogP contribution in [0.25, 0.3) is 0 Å². The molecule has 8 heteroatoms. The van der Waals surface area contributed by atoms with Gasteiger partial charge in [0.25, 0.3) is 0 Å². The SMILES string of the molecule is CCCCS(=O)(=O)N1CCC[C@H]1C(=O)Nc1cc(C)on1. The number of aromatic nitrogens is 1. The maximum Gasteiger partial charge on any atom is 0.244 e. The van der Waals surface area contributed by atoms with Crippen LogP contribution in [0.1, 0.15) is 38.4 Å². The number of sulfonamides is 1. The first-order valence-electron chi connectivity index (χ1n) is 7.17. The Balaban J connectivity index is 2.05. The number of nitrogens with one attached hydrogen (secondary N) is 1. The minimum absolute atomic E-state index is 0.0936. The highest BCUT2D eigenvalue weighted by Crippen LogP contribution is 2.23. The molecule has 2 rings (SSSR count). The van der Waals surface area contributed by atoms with Crippen LogP contribution in [-0.4, -0.2) is 42.1 Å². The lowest BCUT2D eigenvalue weighted by atomic mass is 10.2. The number of amides is 1. The quantitative estimate of drug-likeness (QED) is 0.859. The van der Waals surface area contributed by atoms with Crippen LogP contribution in [0.15, 0.2) is 10.6 Å². The van der Waals surface area contributed by atoms with E-state index in [1.54, 1.807) is 13.0 Å². The summed E-state index contributed by atoms with van der Waals surface area (Å²) in [5.41, 5.74) is 0. The van der Waals surface area contributed by atoms with Crippen LogP contribution in [0.2, 0.25) is 0 Å². The lowest BCUT2D eigenvalue weighted by molar-refractivity contribution is -0.119. The average molecular weight is 315 g/mol. The molecule has 1 aromatic rings. The fraction of sp³-hybridized carbons (Fsp3) is 0.692. The highest BCUT2D eigenvalue weighted by atomic mass is 32.2. The van der Waals surface area contributed by atoms with Gasteiger partial charge < -0.3 is 9.84 Å². The van der Waals surface area contributed by atoms with Crippen LogP contribution in [0, 0.1) is 6.92 Å². The first-order chi connectivity index (χ1) is 9.94. The molecule has 21 heavy (non-hydrogen) atoms. The van der Waals surface area contributed by atoms with Crippen molar-refractivity contribution < 1.29 is 17.7 Å². The predicted molar refractivity (Wildman–Crippen MR) is 78.3 cm³/mol. The summed E-state index contributed by atoms with van der Waals surface area (Å²) in [6.07, 6.45) is 2.65. The Bertz CT molecular complexity index is 596. The van der Waals surface area contributed by atoms with E-state index < -0.39 is 16.1 Å². The van der Waals surface area contributed by atoms with Crippen molar-refractivity contribution in [2.24, 2.45) is 0 Å². The molecule has 0 aromatic carbocycles. The third-order valence-electron chi connectivity index (χ3n) is 3.50. The van der Waals surface area contributed by atoms with Crippen molar-refractivity contribution in [3.8, 4) is 0 Å². The van der Waals surface area contributed by atoms with Gasteiger partial charge in [-0.2, -0.15) is 4.31 Å². The first kappa shape index (κ1) is 16.0. The van der Waals surface area contributed by atoms with E-state index >= 15 is 0 Å². The number of carbonyl (C=O) groups excluding carboxylic acids is 1. The van der Waals surface area contributed by atoms with Gasteiger partial charge in [0.1, 0.15) is 11.8 Å². The molecule has 0 radical (unpaired) electrons. The van der Waals surface area contributed by atoms with E-state index in [0.717, 1.165) is 6.42 Å². The number of anilines is 1. The zero-order chi connectivity index (χ0) is 15.5. The predicted octanol–water partition coefficient (Wildman–Crippen LogP) is 1.52. The molecule has 1 atom stereocenters. The van der Waals surface area contributed by atoms with E-state index in [1.807, 2.05) is 6.92 Å². The Kier molecular flexibility index (Phi) is 5.00. The molecule has 2 heterocycles. The molecule has 118 valence electrons. The minimum atomic E-state index is -3.37. The van der Waals surface area contributed by atoms with Crippen molar-refractivity contribution in [2.75, 3.05) is 17.6 Å². The second-order valence-electron chi connectivity index (χ2n) is 5.25. The number of nitrogens with zero attached hydrogens (tertiary/aromatic N) is 2. The third kappa shape index (κ3) is 3.82. The van der Waals surface area contributed by atoms with Crippen molar-refractivity contribution in [2.45, 2.75) is 45.6 Å². The number of carbonyl (C=O) groups is 1. The number of rotatable bonds is 6. The van der Waals surface area contributed by atoms with Crippen molar-refractivity contribution in [1.82, 2.24) is 9.46 Å². The number of aryl methyl sites for hydroxylation is 1. The second kappa shape index (κ2) is 6.57. The van der Waals surface area contributed by atoms with Gasteiger partial charge in [0.2, 0.25) is 15.9 Å². The van der Waals surface area contributed by atoms with Gasteiger partial charge in [-0.05, 0) is 26.2 Å². The molecule has 7 nitrogen and oxygen atoms in total. The summed E-state index contributed by atoms with van der Waals surface area (Å²) in [7, 11) is -3.37. The van der Waals surface area contributed by atoms with Crippen molar-refractivity contribution in [3.63, 3.8) is 0 Å². The van der Waals surface area contributed by atoms with Crippen LogP contribution in [0.3, 0.4) is 0 Å². The van der Waals surface area contributed by atoms with Crippen molar-refractivity contribution in [3.05, 3.63) is 11.8 Å². The van der Waals surface area contributed by atoms with Crippen LogP contribution in [-0.2, 0) is 14.8 Å². The molecule has 1 aliphatic heterocycles. The van der Waals surface area contributed by atoms with Gasteiger partial charge in [0, 0.05) is 12.6 Å². The van der Waals surface area contributed by atoms with E-state index in [9.17, 15) is 13.2 Å². The zero-order valence-electron chi connectivity index (χ0n) is 12.3. The van der Waals surface area contributed by atoms with Crippen LogP contribution in [0.4, 0.5) is 5.82 Å². The lowest BCUT2D eigenvalue weighted by Crippen LogP contribution is -2.44. The summed E-state index contributed by atoms with van der Waals surface area (Å²) in [5, 5.41) is 6.30. The zero-order valence-corrected chi connectivity index (χ0v) is 13.1. The van der Waals surface area contributed by atoms with Crippen LogP contribution >= 0.6 is 0 Å². The molecule has 1 fully saturated rings. The van der Waals surface area contributed by atoms with E-state index in [4.69, 9.17) is 4.52 Å². The van der Waals surface area contributed by atoms with Gasteiger partial charge in [-0.25, -0.2) is 8.42 Å². The van der Waals surface area contributed by atoms with Gasteiger partial charge in [0.05, 0.1) is 5.75 Å². The topological polar surface area (TPSA) is 92.5 Å². The first-order valence-corrected chi connectivity index (χ1v) is 8.78. The monoisotopic (exact) mass is 315 g/mol. The molecule has 0 bridgehead atoms. The molecular formula is C13H21N3O4S. The highest BCUT2D eigenvalue weighted by Gasteiger charge is 2.38. The smallest absolute Gasteiger partial charge is 0.244 e. The largest absolute Gasteiger partial charge is 0.360 e. The van der Waals surface area contributed by atoms with E-state index in [1.165, 1.54) is 4.31 Å². The molecule has 0 saturated carbocycles. The lowest BCUT2D eigenvalue weighted by Gasteiger charge is -2.22. The fourth-order valence-electron chi connectivity index (χ4n) is 2.41. The van der Waals surface area contributed by atoms with Crippen LogP contribution in [0.5, 0.6) is 0 Å². The van der Waals surface area contributed by atoms with Crippen LogP contribution < -0.4 is 5.32 Å². The van der Waals surface area contributed by atoms with Crippen molar-refractivity contribution >= 4 is 21.7 Å². The average Bonchev–Trinajstić information content (AvgIpc) is 3.05. The Morgan fingerprint density at radius 3 is 2.95 bits per heavy atom. The summed E-state index contributed by atoms with van der Waals surface area (Å²) in [4.78, 5) is 12.3. The number of unbranched alkanes of at least 4 members (excludes halogenated alkanes) is 1. The Labute approximate surface area is 124 Å². The Morgan fingerprint density at radius 2 is 2.33 bits per heavy atom. The van der Waals surface area contributed by atoms with Gasteiger partial charge in [-0.3, -0.25) is 4.79 Å². The maximum atomic E-state index is 12.3. The molecule has 1 aliphatic rings. The summed E-state index contributed by atoms with van der Waals surface area (Å²) < 4.78 is 30.8. The number of hydrogen-bond acceptors (Lipinski definition) is 5.